The molecule has 0 aliphatic carbocycles. The van der Waals surface area contributed by atoms with Crippen molar-refractivity contribution >= 4 is 35.8 Å². The number of carbonyl (C=O) groups excluding carboxylic acids is 2. The molecular formula is C14H22K2N2O12. The van der Waals surface area contributed by atoms with Gasteiger partial charge in [-0.15, -0.1) is 0 Å². The van der Waals surface area contributed by atoms with Crippen LogP contribution in [0.2, 0.25) is 0 Å². The van der Waals surface area contributed by atoms with E-state index in [4.69, 9.17) is 40.2 Å². The maximum Gasteiger partial charge on any atom is 1.00 e. The van der Waals surface area contributed by atoms with Gasteiger partial charge in [-0.05, 0) is 13.8 Å². The molecule has 0 fully saturated rings. The Bertz CT molecular complexity index is 471. The number of hydrogen-bond acceptors (Lipinski definition) is 10. The summed E-state index contributed by atoms with van der Waals surface area (Å²) >= 11 is 0. The van der Waals surface area contributed by atoms with Gasteiger partial charge in [0.05, 0.1) is 26.2 Å². The molecular weight excluding hydrogens is 466 g/mol. The van der Waals surface area contributed by atoms with Crippen LogP contribution in [-0.2, 0) is 28.8 Å². The first-order chi connectivity index (χ1) is 12.7. The second-order valence-corrected chi connectivity index (χ2v) is 4.98. The van der Waals surface area contributed by atoms with E-state index in [0.717, 1.165) is 23.6 Å². The molecule has 0 saturated heterocycles. The third-order valence-electron chi connectivity index (χ3n) is 2.17. The standard InChI is InChI=1S/C10H16N2O8.2C2H4O2.2K/c13-7(14)3-11(4-8(15)16)1-2-12(5-9(17)18)6-10(19)20;2*1-2(3)4;;/h1-6H2,(H,13,14)(H,15,16)(H,17,18)(H,19,20);2*1H3,(H,3,4);;/q;;;2*+1/p-2. The van der Waals surface area contributed by atoms with Crippen molar-refractivity contribution in [3.63, 3.8) is 0 Å². The Labute approximate surface area is 257 Å². The van der Waals surface area contributed by atoms with Crippen molar-refractivity contribution in [2.24, 2.45) is 0 Å². The van der Waals surface area contributed by atoms with Gasteiger partial charge in [0.25, 0.3) is 0 Å². The van der Waals surface area contributed by atoms with Gasteiger partial charge in [0.1, 0.15) is 0 Å². The van der Waals surface area contributed by atoms with E-state index in [0.29, 0.717) is 0 Å². The first-order valence-corrected chi connectivity index (χ1v) is 7.34. The van der Waals surface area contributed by atoms with Crippen LogP contribution in [0, 0.1) is 0 Å². The van der Waals surface area contributed by atoms with Gasteiger partial charge in [-0.1, -0.05) is 0 Å². The third-order valence-corrected chi connectivity index (χ3v) is 2.17. The molecule has 0 aromatic heterocycles. The third kappa shape index (κ3) is 46.3. The Hall–Kier alpha value is 0.0127. The predicted octanol–water partition coefficient (Wildman–Crippen LogP) is -10.6. The van der Waals surface area contributed by atoms with E-state index in [1.807, 2.05) is 0 Å². The molecule has 162 valence electrons. The van der Waals surface area contributed by atoms with Crippen LogP contribution in [0.4, 0.5) is 0 Å². The summed E-state index contributed by atoms with van der Waals surface area (Å²) in [6.45, 7) is -0.306. The Morgan fingerprint density at radius 3 is 0.800 bits per heavy atom. The van der Waals surface area contributed by atoms with Gasteiger partial charge >= 0.3 is 127 Å². The smallest absolute Gasteiger partial charge is 0.550 e. The molecule has 0 bridgehead atoms. The van der Waals surface area contributed by atoms with Crippen LogP contribution in [-0.4, -0.2) is 105 Å². The molecule has 0 saturated carbocycles. The molecule has 0 atom stereocenters. The molecule has 0 aromatic carbocycles. The van der Waals surface area contributed by atoms with Crippen LogP contribution in [0.5, 0.6) is 0 Å². The Kier molecular flexibility index (Phi) is 34.0. The van der Waals surface area contributed by atoms with E-state index in [2.05, 4.69) is 0 Å². The van der Waals surface area contributed by atoms with Crippen LogP contribution in [0.25, 0.3) is 0 Å². The second-order valence-electron chi connectivity index (χ2n) is 4.98. The fourth-order valence-corrected chi connectivity index (χ4v) is 1.48. The number of hydrogen-bond donors (Lipinski definition) is 4. The largest absolute Gasteiger partial charge is 1.00 e. The quantitative estimate of drug-likeness (QED) is 0.198. The minimum Gasteiger partial charge on any atom is -0.550 e. The molecule has 0 aromatic rings. The molecule has 0 amide bonds. The average molecular weight is 489 g/mol. The summed E-state index contributed by atoms with van der Waals surface area (Å²) in [5, 5.41) is 52.2. The Morgan fingerprint density at radius 2 is 0.700 bits per heavy atom. The van der Waals surface area contributed by atoms with Crippen molar-refractivity contribution in [1.82, 2.24) is 9.80 Å². The zero-order valence-corrected chi connectivity index (χ0v) is 23.4. The first kappa shape index (κ1) is 40.4. The van der Waals surface area contributed by atoms with Gasteiger partial charge in [0.2, 0.25) is 0 Å². The van der Waals surface area contributed by atoms with E-state index in [1.54, 1.807) is 0 Å². The maximum atomic E-state index is 10.6. The number of rotatable bonds is 11. The average Bonchev–Trinajstić information content (AvgIpc) is 2.40. The molecule has 0 radical (unpaired) electrons. The normalized spacial score (nSPS) is 8.80. The molecule has 0 aliphatic rings. The van der Waals surface area contributed by atoms with Gasteiger partial charge in [0, 0.05) is 25.0 Å². The van der Waals surface area contributed by atoms with E-state index >= 15 is 0 Å². The predicted molar refractivity (Wildman–Crippen MR) is 84.8 cm³/mol. The minimum atomic E-state index is -1.23. The zero-order valence-electron chi connectivity index (χ0n) is 17.2. The monoisotopic (exact) mass is 488 g/mol. The molecule has 0 heterocycles. The SMILES string of the molecule is CC(=O)[O-].CC(=O)[O-].O=C(O)CN(CCN(CC(=O)O)CC(=O)O)CC(=O)O.[K+].[K+]. The topological polar surface area (TPSA) is 236 Å². The maximum absolute atomic E-state index is 10.6. The minimum absolute atomic E-state index is 0. The van der Waals surface area contributed by atoms with Crippen molar-refractivity contribution in [3.05, 3.63) is 0 Å². The molecule has 0 spiro atoms. The van der Waals surface area contributed by atoms with Gasteiger partial charge < -0.3 is 40.2 Å². The molecule has 16 heteroatoms. The summed E-state index contributed by atoms with van der Waals surface area (Å²) in [4.78, 5) is 62.1. The second kappa shape index (κ2) is 25.3. The van der Waals surface area contributed by atoms with Crippen LogP contribution in [0.15, 0.2) is 0 Å². The van der Waals surface area contributed by atoms with E-state index in [1.165, 1.54) is 0 Å². The summed E-state index contributed by atoms with van der Waals surface area (Å²) in [5.41, 5.74) is 0. The van der Waals surface area contributed by atoms with Gasteiger partial charge in [0.15, 0.2) is 0 Å². The summed E-state index contributed by atoms with van der Waals surface area (Å²) in [5.74, 6) is -7.08. The number of carboxylic acids is 6. The molecule has 0 aliphatic heterocycles. The van der Waals surface area contributed by atoms with Crippen LogP contribution in [0.1, 0.15) is 13.8 Å². The van der Waals surface area contributed by atoms with Crippen molar-refractivity contribution in [3.8, 4) is 0 Å². The fraction of sp³-hybridized carbons (Fsp3) is 0.571. The molecule has 14 nitrogen and oxygen atoms in total. The molecule has 30 heavy (non-hydrogen) atoms. The van der Waals surface area contributed by atoms with Crippen molar-refractivity contribution < 1.29 is 162 Å². The van der Waals surface area contributed by atoms with Crippen molar-refractivity contribution in [1.29, 1.82) is 0 Å². The number of carbonyl (C=O) groups is 6. The van der Waals surface area contributed by atoms with Crippen molar-refractivity contribution in [2.75, 3.05) is 39.3 Å². The molecule has 4 N–H and O–H groups in total. The van der Waals surface area contributed by atoms with E-state index in [-0.39, 0.29) is 116 Å². The van der Waals surface area contributed by atoms with Gasteiger partial charge in [-0.3, -0.25) is 29.0 Å². The van der Waals surface area contributed by atoms with Gasteiger partial charge in [-0.2, -0.15) is 0 Å². The summed E-state index contributed by atoms with van der Waals surface area (Å²) in [7, 11) is 0. The van der Waals surface area contributed by atoms with Crippen LogP contribution in [0.3, 0.4) is 0 Å². The number of carboxylic acid groups (broad SMARTS) is 6. The summed E-state index contributed by atoms with van der Waals surface area (Å²) in [6, 6.07) is 0. The fourth-order valence-electron chi connectivity index (χ4n) is 1.48. The Morgan fingerprint density at radius 1 is 0.567 bits per heavy atom. The van der Waals surface area contributed by atoms with E-state index in [9.17, 15) is 19.2 Å². The van der Waals surface area contributed by atoms with Crippen LogP contribution >= 0.6 is 0 Å². The molecule has 0 unspecified atom stereocenters. The Balaban J connectivity index is -0.000000178. The first-order valence-electron chi connectivity index (χ1n) is 7.34. The number of nitrogens with zero attached hydrogens (tertiary/aromatic N) is 2. The van der Waals surface area contributed by atoms with Crippen molar-refractivity contribution in [2.45, 2.75) is 13.8 Å². The van der Waals surface area contributed by atoms with Crippen LogP contribution < -0.4 is 113 Å². The van der Waals surface area contributed by atoms with E-state index < -0.39 is 62.0 Å². The molecule has 0 rings (SSSR count). The summed E-state index contributed by atoms with van der Waals surface area (Å²) in [6.07, 6.45) is 0. The zero-order chi connectivity index (χ0) is 22.9. The summed E-state index contributed by atoms with van der Waals surface area (Å²) < 4.78 is 0. The number of aliphatic carboxylic acids is 6. The van der Waals surface area contributed by atoms with Gasteiger partial charge in [-0.25, -0.2) is 0 Å².